The summed E-state index contributed by atoms with van der Waals surface area (Å²) >= 11 is 0. The van der Waals surface area contributed by atoms with Crippen molar-refractivity contribution in [2.45, 2.75) is 30.7 Å². The van der Waals surface area contributed by atoms with Crippen molar-refractivity contribution in [3.8, 4) is 0 Å². The van der Waals surface area contributed by atoms with E-state index in [-0.39, 0.29) is 10.7 Å². The van der Waals surface area contributed by atoms with E-state index in [1.807, 2.05) is 7.05 Å². The second-order valence-electron chi connectivity index (χ2n) is 4.88. The van der Waals surface area contributed by atoms with Crippen LogP contribution in [0, 0.1) is 12.7 Å². The average Bonchev–Trinajstić information content (AvgIpc) is 2.41. The Morgan fingerprint density at radius 3 is 2.47 bits per heavy atom. The van der Waals surface area contributed by atoms with Gasteiger partial charge in [-0.25, -0.2) is 12.8 Å². The summed E-state index contributed by atoms with van der Waals surface area (Å²) in [5.74, 6) is -0.382. The molecule has 0 aliphatic carbocycles. The van der Waals surface area contributed by atoms with Crippen LogP contribution in [0.4, 0.5) is 4.39 Å². The summed E-state index contributed by atoms with van der Waals surface area (Å²) in [7, 11) is -1.61. The molecule has 1 aromatic carbocycles. The molecule has 0 atom stereocenters. The van der Waals surface area contributed by atoms with Crippen molar-refractivity contribution in [1.29, 1.82) is 0 Å². The molecule has 2 rings (SSSR count). The first kappa shape index (κ1) is 14.4. The number of rotatable bonds is 3. The molecule has 0 saturated carbocycles. The Morgan fingerprint density at radius 1 is 1.32 bits per heavy atom. The summed E-state index contributed by atoms with van der Waals surface area (Å²) in [6.07, 6.45) is 1.60. The number of hydrogen-bond acceptors (Lipinski definition) is 3. The molecule has 106 valence electrons. The molecule has 1 heterocycles. The van der Waals surface area contributed by atoms with Gasteiger partial charge in [0.2, 0.25) is 10.0 Å². The average molecular weight is 286 g/mol. The van der Waals surface area contributed by atoms with Crippen LogP contribution in [0.15, 0.2) is 23.1 Å². The topological polar surface area (TPSA) is 49.4 Å². The zero-order valence-electron chi connectivity index (χ0n) is 11.2. The largest absolute Gasteiger partial charge is 0.317 e. The summed E-state index contributed by atoms with van der Waals surface area (Å²) in [4.78, 5) is 0.175. The first-order chi connectivity index (χ1) is 8.95. The number of nitrogens with one attached hydrogen (secondary N) is 1. The summed E-state index contributed by atoms with van der Waals surface area (Å²) in [6, 6.07) is 4.32. The molecule has 1 saturated heterocycles. The fourth-order valence-corrected chi connectivity index (χ4v) is 3.87. The zero-order chi connectivity index (χ0) is 14.0. The van der Waals surface area contributed by atoms with Gasteiger partial charge < -0.3 is 5.32 Å². The first-order valence-corrected chi connectivity index (χ1v) is 7.82. The number of halogens is 1. The van der Waals surface area contributed by atoms with Crippen LogP contribution in [0.1, 0.15) is 18.4 Å². The highest BCUT2D eigenvalue weighted by atomic mass is 32.2. The van der Waals surface area contributed by atoms with Crippen molar-refractivity contribution in [2.75, 3.05) is 20.1 Å². The van der Waals surface area contributed by atoms with E-state index >= 15 is 0 Å². The van der Waals surface area contributed by atoms with Gasteiger partial charge in [0.1, 0.15) is 5.82 Å². The van der Waals surface area contributed by atoms with E-state index in [4.69, 9.17) is 0 Å². The van der Waals surface area contributed by atoms with E-state index in [0.717, 1.165) is 12.8 Å². The lowest BCUT2D eigenvalue weighted by molar-refractivity contribution is 0.298. The highest BCUT2D eigenvalue weighted by Crippen LogP contribution is 2.22. The van der Waals surface area contributed by atoms with E-state index in [2.05, 4.69) is 5.32 Å². The number of piperidine rings is 1. The molecule has 0 unspecified atom stereocenters. The molecular formula is C13H19FN2O2S. The minimum absolute atomic E-state index is 0.175. The second-order valence-corrected chi connectivity index (χ2v) is 6.82. The standard InChI is InChI=1S/C13H19FN2O2S/c1-10-9-12(3-4-13(10)14)19(17,18)16-7-5-11(15-2)6-8-16/h3-4,9,11,15H,5-8H2,1-2H3. The van der Waals surface area contributed by atoms with Gasteiger partial charge in [0.25, 0.3) is 0 Å². The molecule has 0 amide bonds. The van der Waals surface area contributed by atoms with Crippen molar-refractivity contribution in [3.05, 3.63) is 29.6 Å². The van der Waals surface area contributed by atoms with Crippen molar-refractivity contribution in [2.24, 2.45) is 0 Å². The van der Waals surface area contributed by atoms with E-state index < -0.39 is 10.0 Å². The molecule has 0 spiro atoms. The Bertz CT molecular complexity index is 552. The SMILES string of the molecule is CNC1CCN(S(=O)(=O)c2ccc(F)c(C)c2)CC1. The van der Waals surface area contributed by atoms with Crippen LogP contribution >= 0.6 is 0 Å². The summed E-state index contributed by atoms with van der Waals surface area (Å²) in [5.41, 5.74) is 0.353. The number of nitrogens with zero attached hydrogens (tertiary/aromatic N) is 1. The van der Waals surface area contributed by atoms with Gasteiger partial charge in [0.15, 0.2) is 0 Å². The minimum Gasteiger partial charge on any atom is -0.317 e. The molecule has 0 aromatic heterocycles. The van der Waals surface area contributed by atoms with Crippen LogP contribution in [-0.4, -0.2) is 38.9 Å². The van der Waals surface area contributed by atoms with Crippen molar-refractivity contribution < 1.29 is 12.8 Å². The number of sulfonamides is 1. The Labute approximate surface area is 113 Å². The molecule has 6 heteroatoms. The van der Waals surface area contributed by atoms with Gasteiger partial charge in [-0.15, -0.1) is 0 Å². The fraction of sp³-hybridized carbons (Fsp3) is 0.538. The monoisotopic (exact) mass is 286 g/mol. The smallest absolute Gasteiger partial charge is 0.243 e. The molecule has 1 fully saturated rings. The second kappa shape index (κ2) is 5.56. The fourth-order valence-electron chi connectivity index (χ4n) is 2.31. The molecule has 4 nitrogen and oxygen atoms in total. The number of hydrogen-bond donors (Lipinski definition) is 1. The van der Waals surface area contributed by atoms with Crippen LogP contribution in [0.5, 0.6) is 0 Å². The van der Waals surface area contributed by atoms with Crippen LogP contribution in [-0.2, 0) is 10.0 Å². The van der Waals surface area contributed by atoms with Gasteiger partial charge in [-0.3, -0.25) is 0 Å². The first-order valence-electron chi connectivity index (χ1n) is 6.38. The van der Waals surface area contributed by atoms with Crippen LogP contribution in [0.25, 0.3) is 0 Å². The number of benzene rings is 1. The zero-order valence-corrected chi connectivity index (χ0v) is 12.0. The van der Waals surface area contributed by atoms with Gasteiger partial charge in [-0.05, 0) is 50.6 Å². The third-order valence-electron chi connectivity index (χ3n) is 3.63. The van der Waals surface area contributed by atoms with E-state index in [1.54, 1.807) is 6.92 Å². The summed E-state index contributed by atoms with van der Waals surface area (Å²) < 4.78 is 39.5. The molecule has 0 bridgehead atoms. The Hall–Kier alpha value is -0.980. The highest BCUT2D eigenvalue weighted by molar-refractivity contribution is 7.89. The lowest BCUT2D eigenvalue weighted by Gasteiger charge is -2.31. The molecule has 1 aromatic rings. The Morgan fingerprint density at radius 2 is 1.95 bits per heavy atom. The van der Waals surface area contributed by atoms with E-state index in [1.165, 1.54) is 22.5 Å². The molecular weight excluding hydrogens is 267 g/mol. The van der Waals surface area contributed by atoms with Gasteiger partial charge in [-0.2, -0.15) is 4.31 Å². The van der Waals surface area contributed by atoms with Crippen LogP contribution in [0.2, 0.25) is 0 Å². The lowest BCUT2D eigenvalue weighted by atomic mass is 10.1. The predicted molar refractivity (Wildman–Crippen MR) is 72.0 cm³/mol. The van der Waals surface area contributed by atoms with Gasteiger partial charge in [0.05, 0.1) is 4.90 Å². The summed E-state index contributed by atoms with van der Waals surface area (Å²) in [6.45, 7) is 2.58. The van der Waals surface area contributed by atoms with Gasteiger partial charge >= 0.3 is 0 Å². The molecule has 0 radical (unpaired) electrons. The van der Waals surface area contributed by atoms with Gasteiger partial charge in [0, 0.05) is 19.1 Å². The normalized spacial score (nSPS) is 18.7. The lowest BCUT2D eigenvalue weighted by Crippen LogP contribution is -2.43. The highest BCUT2D eigenvalue weighted by Gasteiger charge is 2.29. The number of aryl methyl sites for hydroxylation is 1. The maximum absolute atomic E-state index is 13.2. The predicted octanol–water partition coefficient (Wildman–Crippen LogP) is 1.51. The quantitative estimate of drug-likeness (QED) is 0.916. The van der Waals surface area contributed by atoms with E-state index in [9.17, 15) is 12.8 Å². The maximum atomic E-state index is 13.2. The molecule has 1 aliphatic rings. The Kier molecular flexibility index (Phi) is 4.23. The van der Waals surface area contributed by atoms with Crippen LogP contribution < -0.4 is 5.32 Å². The van der Waals surface area contributed by atoms with Crippen molar-refractivity contribution in [1.82, 2.24) is 9.62 Å². The van der Waals surface area contributed by atoms with E-state index in [0.29, 0.717) is 24.7 Å². The minimum atomic E-state index is -3.49. The van der Waals surface area contributed by atoms with Gasteiger partial charge in [-0.1, -0.05) is 0 Å². The molecule has 19 heavy (non-hydrogen) atoms. The summed E-state index contributed by atoms with van der Waals surface area (Å²) in [5, 5.41) is 3.16. The van der Waals surface area contributed by atoms with Crippen molar-refractivity contribution >= 4 is 10.0 Å². The van der Waals surface area contributed by atoms with Crippen LogP contribution in [0.3, 0.4) is 0 Å². The maximum Gasteiger partial charge on any atom is 0.243 e. The molecule has 1 aliphatic heterocycles. The van der Waals surface area contributed by atoms with Crippen molar-refractivity contribution in [3.63, 3.8) is 0 Å². The third kappa shape index (κ3) is 2.96. The third-order valence-corrected chi connectivity index (χ3v) is 5.52. The molecule has 1 N–H and O–H groups in total. The Balaban J connectivity index is 2.21.